The van der Waals surface area contributed by atoms with Gasteiger partial charge in [0.15, 0.2) is 0 Å². The molecule has 2 heteroatoms. The van der Waals surface area contributed by atoms with Crippen LogP contribution in [0.25, 0.3) is 0 Å². The molecule has 0 bridgehead atoms. The topological polar surface area (TPSA) is 0 Å². The van der Waals surface area contributed by atoms with E-state index in [0.717, 1.165) is 16.9 Å². The third kappa shape index (κ3) is 5.07. The van der Waals surface area contributed by atoms with Crippen LogP contribution in [0.4, 0.5) is 0 Å². The Balaban J connectivity index is 3.42. The van der Waals surface area contributed by atoms with Crippen LogP contribution >= 0.6 is 11.6 Å². The lowest BCUT2D eigenvalue weighted by molar-refractivity contribution is -0.888. The van der Waals surface area contributed by atoms with Crippen LogP contribution in [0.2, 0.25) is 0 Å². The van der Waals surface area contributed by atoms with Crippen molar-refractivity contribution in [2.75, 3.05) is 33.1 Å². The van der Waals surface area contributed by atoms with Gasteiger partial charge in [0.25, 0.3) is 0 Å². The largest absolute Gasteiger partial charge is 0.327 e. The Bertz CT molecular complexity index is 81.3. The van der Waals surface area contributed by atoms with Gasteiger partial charge in [-0.2, -0.15) is 0 Å². The first kappa shape index (κ1) is 10.2. The van der Waals surface area contributed by atoms with Crippen molar-refractivity contribution in [1.29, 1.82) is 0 Å². The van der Waals surface area contributed by atoms with E-state index in [1.165, 1.54) is 19.4 Å². The molecule has 0 aliphatic rings. The number of rotatable bonds is 5. The molecule has 0 aromatic heterocycles. The minimum atomic E-state index is 0.775. The third-order valence-electron chi connectivity index (χ3n) is 1.81. The molecule has 62 valence electrons. The molecular formula is C8H19ClN+. The van der Waals surface area contributed by atoms with E-state index in [2.05, 4.69) is 21.0 Å². The number of nitrogens with zero attached hydrogens (tertiary/aromatic N) is 1. The molecule has 10 heavy (non-hydrogen) atoms. The number of alkyl halides is 1. The van der Waals surface area contributed by atoms with Crippen LogP contribution in [0.1, 0.15) is 19.8 Å². The molecule has 0 saturated carbocycles. The maximum atomic E-state index is 5.65. The Morgan fingerprint density at radius 2 is 1.80 bits per heavy atom. The summed E-state index contributed by atoms with van der Waals surface area (Å²) in [4.78, 5) is 0. The molecular weight excluding hydrogens is 146 g/mol. The van der Waals surface area contributed by atoms with Gasteiger partial charge in [0.1, 0.15) is 0 Å². The number of quaternary nitrogens is 1. The molecule has 1 nitrogen and oxygen atoms in total. The van der Waals surface area contributed by atoms with E-state index >= 15 is 0 Å². The fourth-order valence-electron chi connectivity index (χ4n) is 0.927. The summed E-state index contributed by atoms with van der Waals surface area (Å²) in [5.74, 6) is 0.775. The van der Waals surface area contributed by atoms with Crippen LogP contribution in [0.3, 0.4) is 0 Å². The van der Waals surface area contributed by atoms with Gasteiger partial charge in [0.05, 0.1) is 33.1 Å². The number of hydrogen-bond acceptors (Lipinski definition) is 0. The lowest BCUT2D eigenvalue weighted by atomic mass is 10.3. The van der Waals surface area contributed by atoms with Crippen LogP contribution in [0, 0.1) is 0 Å². The first-order valence-electron chi connectivity index (χ1n) is 4.00. The number of unbranched alkanes of at least 4 members (excludes halogenated alkanes) is 1. The van der Waals surface area contributed by atoms with E-state index in [1.807, 2.05) is 0 Å². The van der Waals surface area contributed by atoms with Gasteiger partial charge in [-0.05, 0) is 6.42 Å². The summed E-state index contributed by atoms with van der Waals surface area (Å²) in [6.07, 6.45) is 2.59. The van der Waals surface area contributed by atoms with E-state index in [9.17, 15) is 0 Å². The molecule has 0 N–H and O–H groups in total. The van der Waals surface area contributed by atoms with Crippen molar-refractivity contribution in [2.45, 2.75) is 19.8 Å². The lowest BCUT2D eigenvalue weighted by Gasteiger charge is -2.28. The van der Waals surface area contributed by atoms with E-state index in [1.54, 1.807) is 0 Å². The summed E-state index contributed by atoms with van der Waals surface area (Å²) < 4.78 is 1.07. The molecule has 0 aliphatic heterocycles. The highest BCUT2D eigenvalue weighted by molar-refractivity contribution is 6.17. The third-order valence-corrected chi connectivity index (χ3v) is 1.98. The minimum absolute atomic E-state index is 0.775. The normalized spacial score (nSPS) is 12.0. The quantitative estimate of drug-likeness (QED) is 0.431. The molecule has 0 heterocycles. The van der Waals surface area contributed by atoms with Crippen LogP contribution in [-0.2, 0) is 0 Å². The molecule has 0 amide bonds. The van der Waals surface area contributed by atoms with Crippen molar-refractivity contribution in [3.8, 4) is 0 Å². The second-order valence-corrected chi connectivity index (χ2v) is 3.80. The Labute approximate surface area is 69.6 Å². The summed E-state index contributed by atoms with van der Waals surface area (Å²) in [6.45, 7) is 4.56. The highest BCUT2D eigenvalue weighted by Crippen LogP contribution is 2.01. The van der Waals surface area contributed by atoms with Gasteiger partial charge in [-0.15, -0.1) is 11.6 Å². The zero-order valence-electron chi connectivity index (χ0n) is 7.36. The maximum absolute atomic E-state index is 5.65. The van der Waals surface area contributed by atoms with Gasteiger partial charge in [-0.1, -0.05) is 13.3 Å². The average molecular weight is 165 g/mol. The van der Waals surface area contributed by atoms with Crippen molar-refractivity contribution < 1.29 is 4.48 Å². The molecule has 0 aliphatic carbocycles. The second-order valence-electron chi connectivity index (χ2n) is 3.43. The molecule has 0 rings (SSSR count). The molecule has 0 saturated heterocycles. The van der Waals surface area contributed by atoms with E-state index < -0.39 is 0 Å². The predicted molar refractivity (Wildman–Crippen MR) is 47.5 cm³/mol. The molecule has 0 aromatic rings. The van der Waals surface area contributed by atoms with E-state index in [-0.39, 0.29) is 0 Å². The van der Waals surface area contributed by atoms with Gasteiger partial charge in [-0.3, -0.25) is 0 Å². The Morgan fingerprint density at radius 3 is 2.20 bits per heavy atom. The zero-order chi connectivity index (χ0) is 8.04. The van der Waals surface area contributed by atoms with Gasteiger partial charge < -0.3 is 4.48 Å². The average Bonchev–Trinajstić information content (AvgIpc) is 1.84. The van der Waals surface area contributed by atoms with Crippen molar-refractivity contribution in [1.82, 2.24) is 0 Å². The summed E-state index contributed by atoms with van der Waals surface area (Å²) in [5.41, 5.74) is 0. The highest BCUT2D eigenvalue weighted by atomic mass is 35.5. The van der Waals surface area contributed by atoms with Crippen molar-refractivity contribution in [3.63, 3.8) is 0 Å². The van der Waals surface area contributed by atoms with Crippen LogP contribution < -0.4 is 0 Å². The van der Waals surface area contributed by atoms with E-state index in [4.69, 9.17) is 11.6 Å². The maximum Gasteiger partial charge on any atom is 0.0920 e. The summed E-state index contributed by atoms with van der Waals surface area (Å²) in [7, 11) is 4.47. The van der Waals surface area contributed by atoms with Crippen molar-refractivity contribution in [2.24, 2.45) is 0 Å². The monoisotopic (exact) mass is 164 g/mol. The van der Waals surface area contributed by atoms with Crippen LogP contribution in [0.15, 0.2) is 0 Å². The van der Waals surface area contributed by atoms with Gasteiger partial charge in [0, 0.05) is 0 Å². The molecule has 0 aromatic carbocycles. The summed E-state index contributed by atoms with van der Waals surface area (Å²) >= 11 is 5.65. The lowest BCUT2D eigenvalue weighted by Crippen LogP contribution is -2.41. The fraction of sp³-hybridized carbons (Fsp3) is 1.00. The first-order valence-corrected chi connectivity index (χ1v) is 4.54. The summed E-state index contributed by atoms with van der Waals surface area (Å²) in [6, 6.07) is 0. The predicted octanol–water partition coefficient (Wildman–Crippen LogP) is 2.10. The van der Waals surface area contributed by atoms with Gasteiger partial charge >= 0.3 is 0 Å². The molecule has 0 radical (unpaired) electrons. The van der Waals surface area contributed by atoms with Crippen LogP contribution in [-0.4, -0.2) is 37.5 Å². The highest BCUT2D eigenvalue weighted by Gasteiger charge is 2.11. The van der Waals surface area contributed by atoms with Crippen molar-refractivity contribution in [3.05, 3.63) is 0 Å². The van der Waals surface area contributed by atoms with Crippen LogP contribution in [0.5, 0.6) is 0 Å². The fourth-order valence-corrected chi connectivity index (χ4v) is 1.38. The van der Waals surface area contributed by atoms with Gasteiger partial charge in [0.2, 0.25) is 0 Å². The smallest absolute Gasteiger partial charge is 0.0920 e. The minimum Gasteiger partial charge on any atom is -0.327 e. The molecule has 0 fully saturated rings. The van der Waals surface area contributed by atoms with Gasteiger partial charge in [-0.25, -0.2) is 0 Å². The molecule has 0 spiro atoms. The SMILES string of the molecule is CCCC[N+](C)(C)CCCl. The molecule has 0 atom stereocenters. The first-order chi connectivity index (χ1) is 4.62. The Kier molecular flexibility index (Phi) is 5.10. The van der Waals surface area contributed by atoms with Crippen molar-refractivity contribution >= 4 is 11.6 Å². The Hall–Kier alpha value is 0.250. The summed E-state index contributed by atoms with van der Waals surface area (Å²) in [5, 5.41) is 0. The number of halogens is 1. The number of hydrogen-bond donors (Lipinski definition) is 0. The zero-order valence-corrected chi connectivity index (χ0v) is 8.12. The Morgan fingerprint density at radius 1 is 1.20 bits per heavy atom. The second kappa shape index (κ2) is 4.97. The molecule has 0 unspecified atom stereocenters. The standard InChI is InChI=1S/C8H19ClN/c1-4-5-7-10(2,3)8-6-9/h4-8H2,1-3H3/q+1. The van der Waals surface area contributed by atoms with E-state index in [0.29, 0.717) is 0 Å².